The van der Waals surface area contributed by atoms with E-state index in [1.165, 1.54) is 24.3 Å². The number of ketones is 1. The first kappa shape index (κ1) is 14.2. The molecule has 0 saturated carbocycles. The molecule has 1 nitrogen and oxygen atoms in total. The highest BCUT2D eigenvalue weighted by atomic mass is 79.9. The number of hydrogen-bond donors (Lipinski definition) is 0. The Kier molecular flexibility index (Phi) is 4.02. The summed E-state index contributed by atoms with van der Waals surface area (Å²) < 4.78 is 27.6. The Morgan fingerprint density at radius 1 is 1.21 bits per heavy atom. The zero-order chi connectivity index (χ0) is 14.2. The number of benzene rings is 2. The number of rotatable bonds is 2. The lowest BCUT2D eigenvalue weighted by atomic mass is 10.0. The van der Waals surface area contributed by atoms with E-state index in [1.54, 1.807) is 6.92 Å². The van der Waals surface area contributed by atoms with Crippen LogP contribution in [-0.2, 0) is 0 Å². The highest BCUT2D eigenvalue weighted by Crippen LogP contribution is 2.28. The first-order valence-electron chi connectivity index (χ1n) is 5.35. The predicted molar refractivity (Wildman–Crippen MR) is 73.7 cm³/mol. The Hall–Kier alpha value is -1.26. The lowest BCUT2D eigenvalue weighted by Gasteiger charge is -2.06. The van der Waals surface area contributed by atoms with Crippen LogP contribution in [0.15, 0.2) is 34.8 Å². The Balaban J connectivity index is 2.53. The summed E-state index contributed by atoms with van der Waals surface area (Å²) in [7, 11) is 0. The standard InChI is InChI=1S/C14H8BrClF2O/c1-7-4-8(6-9(17)5-7)14(19)10-2-3-11(15)12(16)13(10)18/h2-6H,1H3. The summed E-state index contributed by atoms with van der Waals surface area (Å²) in [5.74, 6) is -1.95. The van der Waals surface area contributed by atoms with Crippen molar-refractivity contribution >= 4 is 33.3 Å². The third kappa shape index (κ3) is 2.85. The van der Waals surface area contributed by atoms with Crippen molar-refractivity contribution in [2.45, 2.75) is 6.92 Å². The zero-order valence-corrected chi connectivity index (χ0v) is 12.1. The van der Waals surface area contributed by atoms with Gasteiger partial charge in [0, 0.05) is 10.0 Å². The molecule has 2 rings (SSSR count). The van der Waals surface area contributed by atoms with E-state index in [9.17, 15) is 13.6 Å². The molecule has 0 heterocycles. The monoisotopic (exact) mass is 344 g/mol. The third-order valence-electron chi connectivity index (χ3n) is 2.58. The molecule has 0 fully saturated rings. The van der Waals surface area contributed by atoms with Crippen LogP contribution in [-0.4, -0.2) is 5.78 Å². The number of aryl methyl sites for hydroxylation is 1. The first-order valence-corrected chi connectivity index (χ1v) is 6.52. The number of hydrogen-bond acceptors (Lipinski definition) is 1. The second-order valence-electron chi connectivity index (χ2n) is 4.07. The lowest BCUT2D eigenvalue weighted by Crippen LogP contribution is -2.06. The maximum absolute atomic E-state index is 13.9. The van der Waals surface area contributed by atoms with Crippen LogP contribution in [0.5, 0.6) is 0 Å². The van der Waals surface area contributed by atoms with Gasteiger partial charge in [-0.3, -0.25) is 4.79 Å². The van der Waals surface area contributed by atoms with Gasteiger partial charge in [-0.1, -0.05) is 11.6 Å². The van der Waals surface area contributed by atoms with Crippen LogP contribution in [0, 0.1) is 18.6 Å². The second kappa shape index (κ2) is 5.39. The van der Waals surface area contributed by atoms with Crippen LogP contribution in [0.1, 0.15) is 21.5 Å². The molecule has 0 radical (unpaired) electrons. The highest BCUT2D eigenvalue weighted by Gasteiger charge is 2.18. The highest BCUT2D eigenvalue weighted by molar-refractivity contribution is 9.10. The molecule has 0 aliphatic carbocycles. The minimum Gasteiger partial charge on any atom is -0.288 e. The van der Waals surface area contributed by atoms with Crippen molar-refractivity contribution in [3.63, 3.8) is 0 Å². The Morgan fingerprint density at radius 3 is 2.53 bits per heavy atom. The third-order valence-corrected chi connectivity index (χ3v) is 3.84. The minimum absolute atomic E-state index is 0.0924. The molecule has 0 spiro atoms. The van der Waals surface area contributed by atoms with Crippen LogP contribution >= 0.6 is 27.5 Å². The fourth-order valence-electron chi connectivity index (χ4n) is 1.72. The van der Waals surface area contributed by atoms with Crippen molar-refractivity contribution in [3.05, 3.63) is 68.2 Å². The van der Waals surface area contributed by atoms with Gasteiger partial charge >= 0.3 is 0 Å². The van der Waals surface area contributed by atoms with Crippen molar-refractivity contribution < 1.29 is 13.6 Å². The first-order chi connectivity index (χ1) is 8.90. The van der Waals surface area contributed by atoms with E-state index in [1.807, 2.05) is 0 Å². The van der Waals surface area contributed by atoms with Gasteiger partial charge in [0.15, 0.2) is 11.6 Å². The van der Waals surface area contributed by atoms with Crippen LogP contribution < -0.4 is 0 Å². The predicted octanol–water partition coefficient (Wildman–Crippen LogP) is 4.92. The van der Waals surface area contributed by atoms with Crippen molar-refractivity contribution in [1.29, 1.82) is 0 Å². The van der Waals surface area contributed by atoms with Crippen LogP contribution in [0.4, 0.5) is 8.78 Å². The largest absolute Gasteiger partial charge is 0.288 e. The summed E-state index contributed by atoms with van der Waals surface area (Å²) >= 11 is 8.79. The van der Waals surface area contributed by atoms with Crippen molar-refractivity contribution in [2.24, 2.45) is 0 Å². The molecular formula is C14H8BrClF2O. The minimum atomic E-state index is -0.817. The van der Waals surface area contributed by atoms with Crippen LogP contribution in [0.3, 0.4) is 0 Å². The fourth-order valence-corrected chi connectivity index (χ4v) is 2.20. The molecule has 0 saturated heterocycles. The normalized spacial score (nSPS) is 10.6. The maximum Gasteiger partial charge on any atom is 0.196 e. The van der Waals surface area contributed by atoms with Crippen LogP contribution in [0.2, 0.25) is 5.02 Å². The second-order valence-corrected chi connectivity index (χ2v) is 5.30. The van der Waals surface area contributed by atoms with E-state index in [4.69, 9.17) is 11.6 Å². The summed E-state index contributed by atoms with van der Waals surface area (Å²) in [6.07, 6.45) is 0. The number of carbonyl (C=O) groups is 1. The molecule has 0 N–H and O–H groups in total. The van der Waals surface area contributed by atoms with Gasteiger partial charge in [-0.25, -0.2) is 8.78 Å². The summed E-state index contributed by atoms with van der Waals surface area (Å²) in [5, 5.41) is -0.168. The Morgan fingerprint density at radius 2 is 1.89 bits per heavy atom. The molecule has 0 bridgehead atoms. The Labute approximate surface area is 122 Å². The molecule has 2 aromatic carbocycles. The Bertz CT molecular complexity index is 650. The summed E-state index contributed by atoms with van der Waals surface area (Å²) in [5.41, 5.74) is 0.500. The lowest BCUT2D eigenvalue weighted by molar-refractivity contribution is 0.103. The van der Waals surface area contributed by atoms with Gasteiger partial charge < -0.3 is 0 Å². The van der Waals surface area contributed by atoms with Gasteiger partial charge in [0.1, 0.15) is 5.82 Å². The smallest absolute Gasteiger partial charge is 0.196 e. The SMILES string of the molecule is Cc1cc(F)cc(C(=O)c2ccc(Br)c(Cl)c2F)c1. The van der Waals surface area contributed by atoms with Gasteiger partial charge in [0.25, 0.3) is 0 Å². The van der Waals surface area contributed by atoms with Crippen molar-refractivity contribution in [3.8, 4) is 0 Å². The molecule has 0 amide bonds. The van der Waals surface area contributed by atoms with E-state index < -0.39 is 17.4 Å². The van der Waals surface area contributed by atoms with E-state index in [0.717, 1.165) is 6.07 Å². The van der Waals surface area contributed by atoms with Gasteiger partial charge in [0.2, 0.25) is 0 Å². The average molecular weight is 346 g/mol. The molecule has 0 aliphatic rings. The summed E-state index contributed by atoms with van der Waals surface area (Å²) in [6.45, 7) is 1.66. The van der Waals surface area contributed by atoms with Gasteiger partial charge in [-0.15, -0.1) is 0 Å². The maximum atomic E-state index is 13.9. The molecular weight excluding hydrogens is 338 g/mol. The molecule has 0 unspecified atom stereocenters. The number of carbonyl (C=O) groups excluding carboxylic acids is 1. The molecule has 2 aromatic rings. The van der Waals surface area contributed by atoms with E-state index in [2.05, 4.69) is 15.9 Å². The van der Waals surface area contributed by atoms with E-state index in [-0.39, 0.29) is 16.1 Å². The van der Waals surface area contributed by atoms with Gasteiger partial charge in [-0.2, -0.15) is 0 Å². The molecule has 0 aromatic heterocycles. The van der Waals surface area contributed by atoms with Crippen molar-refractivity contribution in [1.82, 2.24) is 0 Å². The van der Waals surface area contributed by atoms with E-state index in [0.29, 0.717) is 10.0 Å². The summed E-state index contributed by atoms with van der Waals surface area (Å²) in [6, 6.07) is 6.66. The quantitative estimate of drug-likeness (QED) is 0.558. The molecule has 5 heteroatoms. The summed E-state index contributed by atoms with van der Waals surface area (Å²) in [4.78, 5) is 12.2. The van der Waals surface area contributed by atoms with Gasteiger partial charge in [0.05, 0.1) is 10.6 Å². The topological polar surface area (TPSA) is 17.1 Å². The zero-order valence-electron chi connectivity index (χ0n) is 9.81. The van der Waals surface area contributed by atoms with Crippen LogP contribution in [0.25, 0.3) is 0 Å². The molecule has 0 atom stereocenters. The van der Waals surface area contributed by atoms with E-state index >= 15 is 0 Å². The average Bonchev–Trinajstić information content (AvgIpc) is 2.34. The molecule has 98 valence electrons. The molecule has 0 aliphatic heterocycles. The number of halogens is 4. The molecule has 19 heavy (non-hydrogen) atoms. The fraction of sp³-hybridized carbons (Fsp3) is 0.0714. The van der Waals surface area contributed by atoms with Crippen molar-refractivity contribution in [2.75, 3.05) is 0 Å². The van der Waals surface area contributed by atoms with Gasteiger partial charge in [-0.05, 0) is 58.7 Å².